The summed E-state index contributed by atoms with van der Waals surface area (Å²) in [5.74, 6) is -0.0422. The lowest BCUT2D eigenvalue weighted by atomic mass is 10.1. The van der Waals surface area contributed by atoms with E-state index >= 15 is 0 Å². The van der Waals surface area contributed by atoms with Gasteiger partial charge in [-0.05, 0) is 50.1 Å². The Morgan fingerprint density at radius 1 is 1.04 bits per heavy atom. The van der Waals surface area contributed by atoms with Gasteiger partial charge in [0.05, 0.1) is 13.0 Å². The molecule has 0 unspecified atom stereocenters. The predicted octanol–water partition coefficient (Wildman–Crippen LogP) is 3.43. The van der Waals surface area contributed by atoms with E-state index in [1.807, 2.05) is 51.1 Å². The molecule has 0 saturated heterocycles. The number of benzene rings is 2. The number of amides is 1. The molecule has 0 saturated carbocycles. The summed E-state index contributed by atoms with van der Waals surface area (Å²) in [6.07, 6.45) is 0.114. The molecule has 25 heavy (non-hydrogen) atoms. The van der Waals surface area contributed by atoms with Crippen molar-refractivity contribution in [3.8, 4) is 5.75 Å². The second kappa shape index (κ2) is 8.87. The van der Waals surface area contributed by atoms with E-state index in [9.17, 15) is 9.59 Å². The molecule has 132 valence electrons. The minimum atomic E-state index is -0.445. The molecule has 2 rings (SSSR count). The number of esters is 1. The summed E-state index contributed by atoms with van der Waals surface area (Å²) in [5, 5.41) is 2.75. The highest BCUT2D eigenvalue weighted by Gasteiger charge is 2.10. The van der Waals surface area contributed by atoms with Crippen LogP contribution in [0.25, 0.3) is 0 Å². The standard InChI is InChI=1S/C20H23NO4/c1-4-24-17-8-6-16(7-9-17)12-20(23)25-13-19(22)21-18-10-5-14(2)11-15(18)3/h5-11H,4,12-13H2,1-3H3,(H,21,22). The normalized spacial score (nSPS) is 10.2. The largest absolute Gasteiger partial charge is 0.494 e. The molecule has 5 nitrogen and oxygen atoms in total. The van der Waals surface area contributed by atoms with Crippen molar-refractivity contribution in [3.63, 3.8) is 0 Å². The van der Waals surface area contributed by atoms with Crippen molar-refractivity contribution in [1.29, 1.82) is 0 Å². The van der Waals surface area contributed by atoms with Crippen LogP contribution in [0.4, 0.5) is 5.69 Å². The average Bonchev–Trinajstić information content (AvgIpc) is 2.58. The summed E-state index contributed by atoms with van der Waals surface area (Å²) in [5.41, 5.74) is 3.62. The highest BCUT2D eigenvalue weighted by atomic mass is 16.5. The molecule has 0 fully saturated rings. The lowest BCUT2D eigenvalue weighted by Crippen LogP contribution is -2.22. The Labute approximate surface area is 148 Å². The molecule has 2 aromatic carbocycles. The van der Waals surface area contributed by atoms with Gasteiger partial charge in [0.2, 0.25) is 0 Å². The highest BCUT2D eigenvalue weighted by molar-refractivity contribution is 5.93. The van der Waals surface area contributed by atoms with Crippen LogP contribution in [0.3, 0.4) is 0 Å². The molecule has 0 spiro atoms. The molecule has 5 heteroatoms. The molecular formula is C20H23NO4. The minimum Gasteiger partial charge on any atom is -0.494 e. The first kappa shape index (κ1) is 18.5. The smallest absolute Gasteiger partial charge is 0.310 e. The molecule has 2 aromatic rings. The zero-order valence-corrected chi connectivity index (χ0v) is 14.8. The van der Waals surface area contributed by atoms with Crippen LogP contribution in [0.15, 0.2) is 42.5 Å². The molecule has 1 N–H and O–H groups in total. The maximum Gasteiger partial charge on any atom is 0.310 e. The topological polar surface area (TPSA) is 64.6 Å². The Balaban J connectivity index is 1.79. The fraction of sp³-hybridized carbons (Fsp3) is 0.300. The fourth-order valence-electron chi connectivity index (χ4n) is 2.37. The van der Waals surface area contributed by atoms with Crippen LogP contribution >= 0.6 is 0 Å². The van der Waals surface area contributed by atoms with Gasteiger partial charge in [0, 0.05) is 5.69 Å². The number of anilines is 1. The van der Waals surface area contributed by atoms with Gasteiger partial charge in [0.1, 0.15) is 5.75 Å². The van der Waals surface area contributed by atoms with Gasteiger partial charge in [-0.15, -0.1) is 0 Å². The molecule has 0 aromatic heterocycles. The first-order chi connectivity index (χ1) is 12.0. The number of rotatable bonds is 7. The Bertz CT molecular complexity index is 738. The Morgan fingerprint density at radius 3 is 2.40 bits per heavy atom. The summed E-state index contributed by atoms with van der Waals surface area (Å²) >= 11 is 0. The number of aryl methyl sites for hydroxylation is 2. The molecule has 0 aliphatic carbocycles. The fourth-order valence-corrected chi connectivity index (χ4v) is 2.37. The van der Waals surface area contributed by atoms with Gasteiger partial charge in [0.25, 0.3) is 5.91 Å². The van der Waals surface area contributed by atoms with E-state index in [-0.39, 0.29) is 18.9 Å². The van der Waals surface area contributed by atoms with E-state index in [1.54, 1.807) is 12.1 Å². The molecule has 0 atom stereocenters. The Morgan fingerprint density at radius 2 is 1.76 bits per heavy atom. The van der Waals surface area contributed by atoms with Crippen LogP contribution in [-0.4, -0.2) is 25.1 Å². The van der Waals surface area contributed by atoms with Gasteiger partial charge < -0.3 is 14.8 Å². The minimum absolute atomic E-state index is 0.114. The van der Waals surface area contributed by atoms with Crippen molar-refractivity contribution in [1.82, 2.24) is 0 Å². The SMILES string of the molecule is CCOc1ccc(CC(=O)OCC(=O)Nc2ccc(C)cc2C)cc1. The van der Waals surface area contributed by atoms with Crippen LogP contribution in [0.1, 0.15) is 23.6 Å². The molecule has 0 aliphatic heterocycles. The molecule has 0 bridgehead atoms. The summed E-state index contributed by atoms with van der Waals surface area (Å²) in [4.78, 5) is 23.8. The van der Waals surface area contributed by atoms with Crippen molar-refractivity contribution < 1.29 is 19.1 Å². The van der Waals surface area contributed by atoms with E-state index in [0.29, 0.717) is 6.61 Å². The maximum atomic E-state index is 11.9. The lowest BCUT2D eigenvalue weighted by Gasteiger charge is -2.10. The second-order valence-corrected chi connectivity index (χ2v) is 5.78. The van der Waals surface area contributed by atoms with Crippen molar-refractivity contribution in [2.24, 2.45) is 0 Å². The van der Waals surface area contributed by atoms with Crippen molar-refractivity contribution in [2.75, 3.05) is 18.5 Å². The number of hydrogen-bond acceptors (Lipinski definition) is 4. The van der Waals surface area contributed by atoms with Crippen molar-refractivity contribution in [3.05, 3.63) is 59.2 Å². The van der Waals surface area contributed by atoms with Crippen LogP contribution in [0, 0.1) is 13.8 Å². The lowest BCUT2D eigenvalue weighted by molar-refractivity contribution is -0.146. The Kier molecular flexibility index (Phi) is 6.57. The number of carbonyl (C=O) groups is 2. The second-order valence-electron chi connectivity index (χ2n) is 5.78. The summed E-state index contributed by atoms with van der Waals surface area (Å²) in [7, 11) is 0. The van der Waals surface area contributed by atoms with Gasteiger partial charge in [-0.1, -0.05) is 29.8 Å². The highest BCUT2D eigenvalue weighted by Crippen LogP contribution is 2.16. The van der Waals surface area contributed by atoms with Gasteiger partial charge >= 0.3 is 5.97 Å². The van der Waals surface area contributed by atoms with Crippen LogP contribution in [0.2, 0.25) is 0 Å². The van der Waals surface area contributed by atoms with E-state index in [0.717, 1.165) is 28.1 Å². The van der Waals surface area contributed by atoms with Gasteiger partial charge in [0.15, 0.2) is 6.61 Å². The van der Waals surface area contributed by atoms with Gasteiger partial charge in [-0.25, -0.2) is 0 Å². The number of ether oxygens (including phenoxy) is 2. The summed E-state index contributed by atoms with van der Waals surface area (Å²) in [6, 6.07) is 13.0. The summed E-state index contributed by atoms with van der Waals surface area (Å²) in [6.45, 7) is 6.11. The average molecular weight is 341 g/mol. The zero-order valence-electron chi connectivity index (χ0n) is 14.8. The molecule has 0 aliphatic rings. The van der Waals surface area contributed by atoms with E-state index in [2.05, 4.69) is 5.32 Å². The van der Waals surface area contributed by atoms with Crippen LogP contribution in [-0.2, 0) is 20.7 Å². The van der Waals surface area contributed by atoms with Crippen LogP contribution in [0.5, 0.6) is 5.75 Å². The van der Waals surface area contributed by atoms with Gasteiger partial charge in [-0.2, -0.15) is 0 Å². The summed E-state index contributed by atoms with van der Waals surface area (Å²) < 4.78 is 10.4. The van der Waals surface area contributed by atoms with Crippen LogP contribution < -0.4 is 10.1 Å². The Hall–Kier alpha value is -2.82. The molecule has 0 radical (unpaired) electrons. The van der Waals surface area contributed by atoms with E-state index in [1.165, 1.54) is 0 Å². The monoisotopic (exact) mass is 341 g/mol. The number of carbonyl (C=O) groups excluding carboxylic acids is 2. The number of nitrogens with one attached hydrogen (secondary N) is 1. The first-order valence-electron chi connectivity index (χ1n) is 8.22. The third-order valence-corrected chi connectivity index (χ3v) is 3.60. The maximum absolute atomic E-state index is 11.9. The van der Waals surface area contributed by atoms with Crippen molar-refractivity contribution in [2.45, 2.75) is 27.2 Å². The first-order valence-corrected chi connectivity index (χ1v) is 8.22. The molecule has 1 amide bonds. The molecule has 0 heterocycles. The number of hydrogen-bond donors (Lipinski definition) is 1. The van der Waals surface area contributed by atoms with E-state index in [4.69, 9.17) is 9.47 Å². The molecular weight excluding hydrogens is 318 g/mol. The van der Waals surface area contributed by atoms with E-state index < -0.39 is 5.97 Å². The third-order valence-electron chi connectivity index (χ3n) is 3.60. The zero-order chi connectivity index (χ0) is 18.2. The third kappa shape index (κ3) is 5.95. The van der Waals surface area contributed by atoms with Crippen molar-refractivity contribution >= 4 is 17.6 Å². The quantitative estimate of drug-likeness (QED) is 0.784. The van der Waals surface area contributed by atoms with Gasteiger partial charge in [-0.3, -0.25) is 9.59 Å². The predicted molar refractivity (Wildman–Crippen MR) is 96.8 cm³/mol.